The number of aliphatic hydroxyl groups excluding tert-OH is 1. The van der Waals surface area contributed by atoms with E-state index in [2.05, 4.69) is 43.0 Å². The van der Waals surface area contributed by atoms with Crippen LogP contribution < -0.4 is 5.32 Å². The number of hydrogen-bond acceptors (Lipinski definition) is 7. The lowest BCUT2D eigenvalue weighted by Gasteiger charge is -2.33. The molecule has 6 nitrogen and oxygen atoms in total. The van der Waals surface area contributed by atoms with Crippen molar-refractivity contribution in [3.05, 3.63) is 23.1 Å². The molecule has 0 fully saturated rings. The van der Waals surface area contributed by atoms with Crippen molar-refractivity contribution in [2.24, 2.45) is 5.92 Å². The van der Waals surface area contributed by atoms with E-state index in [-0.39, 0.29) is 5.60 Å². The molecule has 7 heteroatoms. The van der Waals surface area contributed by atoms with E-state index in [0.717, 1.165) is 44.8 Å². The number of hydrogen-bond donors (Lipinski definition) is 2. The summed E-state index contributed by atoms with van der Waals surface area (Å²) in [4.78, 5) is 15.1. The van der Waals surface area contributed by atoms with Crippen LogP contribution in [0.2, 0.25) is 0 Å². The normalized spacial score (nSPS) is 17.2. The Balaban J connectivity index is 1.95. The highest BCUT2D eigenvalue weighted by Crippen LogP contribution is 2.42. The molecular weight excluding hydrogens is 372 g/mol. The zero-order chi connectivity index (χ0) is 20.1. The first-order chi connectivity index (χ1) is 13.2. The van der Waals surface area contributed by atoms with E-state index < -0.39 is 6.10 Å². The van der Waals surface area contributed by atoms with E-state index in [0.29, 0.717) is 19.1 Å². The van der Waals surface area contributed by atoms with Crippen LogP contribution in [0.4, 0.5) is 5.82 Å². The van der Waals surface area contributed by atoms with E-state index in [4.69, 9.17) is 9.72 Å². The van der Waals surface area contributed by atoms with Crippen molar-refractivity contribution in [3.8, 4) is 0 Å². The third kappa shape index (κ3) is 3.58. The number of aromatic nitrogens is 3. The first-order valence-electron chi connectivity index (χ1n) is 9.89. The average molecular weight is 401 g/mol. The molecule has 0 aromatic carbocycles. The Bertz CT molecular complexity index is 1030. The summed E-state index contributed by atoms with van der Waals surface area (Å²) >= 11 is 1.63. The quantitative estimate of drug-likeness (QED) is 0.672. The highest BCUT2D eigenvalue weighted by atomic mass is 32.1. The summed E-state index contributed by atoms with van der Waals surface area (Å²) < 4.78 is 7.13. The fourth-order valence-electron chi connectivity index (χ4n) is 3.80. The molecule has 0 amide bonds. The van der Waals surface area contributed by atoms with Gasteiger partial charge in [-0.15, -0.1) is 11.3 Å². The molecule has 0 spiro atoms. The van der Waals surface area contributed by atoms with E-state index in [9.17, 15) is 5.11 Å². The van der Waals surface area contributed by atoms with Gasteiger partial charge in [0.25, 0.3) is 0 Å². The Morgan fingerprint density at radius 2 is 2.04 bits per heavy atom. The van der Waals surface area contributed by atoms with Crippen LogP contribution in [-0.4, -0.2) is 38.3 Å². The van der Waals surface area contributed by atoms with Crippen molar-refractivity contribution in [3.63, 3.8) is 0 Å². The van der Waals surface area contributed by atoms with Crippen LogP contribution in [0.5, 0.6) is 0 Å². The molecule has 1 aliphatic rings. The van der Waals surface area contributed by atoms with Crippen molar-refractivity contribution in [2.45, 2.75) is 65.8 Å². The van der Waals surface area contributed by atoms with Crippen molar-refractivity contribution in [1.82, 2.24) is 15.0 Å². The predicted octanol–water partition coefficient (Wildman–Crippen LogP) is 4.08. The van der Waals surface area contributed by atoms with Gasteiger partial charge in [0.15, 0.2) is 0 Å². The number of fused-ring (bicyclic) bond motifs is 5. The maximum absolute atomic E-state index is 9.63. The Hall–Kier alpha value is -1.83. The summed E-state index contributed by atoms with van der Waals surface area (Å²) in [6.45, 7) is 11.5. The average Bonchev–Trinajstić information content (AvgIpc) is 2.97. The van der Waals surface area contributed by atoms with Gasteiger partial charge < -0.3 is 15.2 Å². The maximum Gasteiger partial charge on any atom is 0.147 e. The second kappa shape index (κ2) is 7.21. The van der Waals surface area contributed by atoms with Gasteiger partial charge in [-0.3, -0.25) is 0 Å². The number of nitrogens with zero attached hydrogens (tertiary/aromatic N) is 3. The summed E-state index contributed by atoms with van der Waals surface area (Å²) in [7, 11) is 0. The number of pyridine rings is 1. The molecule has 150 valence electrons. The fourth-order valence-corrected chi connectivity index (χ4v) is 4.94. The molecule has 4 heterocycles. The van der Waals surface area contributed by atoms with Crippen LogP contribution in [-0.2, 0) is 24.2 Å². The van der Waals surface area contributed by atoms with Crippen molar-refractivity contribution < 1.29 is 9.84 Å². The molecule has 0 bridgehead atoms. The molecule has 0 radical (unpaired) electrons. The number of ether oxygens (including phenoxy) is 1. The highest BCUT2D eigenvalue weighted by molar-refractivity contribution is 7.26. The monoisotopic (exact) mass is 400 g/mol. The van der Waals surface area contributed by atoms with Crippen LogP contribution in [0.3, 0.4) is 0 Å². The molecule has 4 rings (SSSR count). The lowest BCUT2D eigenvalue weighted by molar-refractivity contribution is -0.0402. The molecule has 2 N–H and O–H groups in total. The molecule has 28 heavy (non-hydrogen) atoms. The smallest absolute Gasteiger partial charge is 0.147 e. The Kier molecular flexibility index (Phi) is 5.02. The molecular formula is C21H28N4O2S. The lowest BCUT2D eigenvalue weighted by atomic mass is 9.88. The first-order valence-corrected chi connectivity index (χ1v) is 10.7. The van der Waals surface area contributed by atoms with Crippen LogP contribution >= 0.6 is 11.3 Å². The number of nitrogens with one attached hydrogen (secondary N) is 1. The molecule has 0 unspecified atom stereocenters. The maximum atomic E-state index is 9.63. The van der Waals surface area contributed by atoms with Crippen molar-refractivity contribution >= 4 is 37.6 Å². The van der Waals surface area contributed by atoms with Gasteiger partial charge in [0, 0.05) is 29.6 Å². The SMILES string of the molecule is CC(C)Cc1nc2sc3c(NC[C@H](C)O)ncnc3c2c2c1COC(C)(C)C2. The highest BCUT2D eigenvalue weighted by Gasteiger charge is 2.31. The molecule has 0 saturated carbocycles. The van der Waals surface area contributed by atoms with Gasteiger partial charge in [0.05, 0.1) is 28.5 Å². The second-order valence-electron chi connectivity index (χ2n) is 8.75. The predicted molar refractivity (Wildman–Crippen MR) is 114 cm³/mol. The van der Waals surface area contributed by atoms with E-state index >= 15 is 0 Å². The molecule has 3 aromatic heterocycles. The first kappa shape index (κ1) is 19.5. The van der Waals surface area contributed by atoms with Gasteiger partial charge in [-0.25, -0.2) is 15.0 Å². The Labute approximate surface area is 169 Å². The summed E-state index contributed by atoms with van der Waals surface area (Å²) in [5.74, 6) is 1.29. The van der Waals surface area contributed by atoms with Crippen LogP contribution in [0.25, 0.3) is 20.4 Å². The zero-order valence-corrected chi connectivity index (χ0v) is 18.0. The van der Waals surface area contributed by atoms with Crippen molar-refractivity contribution in [2.75, 3.05) is 11.9 Å². The van der Waals surface area contributed by atoms with E-state index in [1.54, 1.807) is 24.6 Å². The molecule has 0 aliphatic carbocycles. The summed E-state index contributed by atoms with van der Waals surface area (Å²) in [5.41, 5.74) is 4.44. The molecule has 3 aromatic rings. The van der Waals surface area contributed by atoms with Crippen LogP contribution in [0.1, 0.15) is 51.4 Å². The standard InChI is InChI=1S/C21H28N4O2S/c1-11(2)6-15-14-9-27-21(4,5)7-13(14)16-17-18(28-20(16)25-15)19(24-10-23-17)22-8-12(3)26/h10-12,26H,6-9H2,1-5H3,(H,22,23,24)/t12-/m0/s1. The largest absolute Gasteiger partial charge is 0.392 e. The minimum absolute atomic E-state index is 0.203. The van der Waals surface area contributed by atoms with Gasteiger partial charge in [-0.05, 0) is 38.7 Å². The number of rotatable bonds is 5. The van der Waals surface area contributed by atoms with Gasteiger partial charge in [-0.2, -0.15) is 0 Å². The fraction of sp³-hybridized carbons (Fsp3) is 0.571. The van der Waals surface area contributed by atoms with Crippen LogP contribution in [0, 0.1) is 5.92 Å². The zero-order valence-electron chi connectivity index (χ0n) is 17.2. The number of thiophene rings is 1. The summed E-state index contributed by atoms with van der Waals surface area (Å²) in [6.07, 6.45) is 2.94. The lowest BCUT2D eigenvalue weighted by Crippen LogP contribution is -2.33. The number of aliphatic hydroxyl groups is 1. The van der Waals surface area contributed by atoms with Crippen LogP contribution in [0.15, 0.2) is 6.33 Å². The summed E-state index contributed by atoms with van der Waals surface area (Å²) in [5, 5.41) is 14.0. The second-order valence-corrected chi connectivity index (χ2v) is 9.75. The van der Waals surface area contributed by atoms with E-state index in [1.807, 2.05) is 0 Å². The van der Waals surface area contributed by atoms with E-state index in [1.165, 1.54) is 11.1 Å². The minimum atomic E-state index is -0.444. The Morgan fingerprint density at radius 3 is 2.75 bits per heavy atom. The minimum Gasteiger partial charge on any atom is -0.392 e. The molecule has 1 aliphatic heterocycles. The van der Waals surface area contributed by atoms with Crippen molar-refractivity contribution in [1.29, 1.82) is 0 Å². The molecule has 0 saturated heterocycles. The third-order valence-electron chi connectivity index (χ3n) is 5.08. The third-order valence-corrected chi connectivity index (χ3v) is 6.16. The number of anilines is 1. The Morgan fingerprint density at radius 1 is 1.25 bits per heavy atom. The van der Waals surface area contributed by atoms with Gasteiger partial charge in [-0.1, -0.05) is 13.8 Å². The van der Waals surface area contributed by atoms with Gasteiger partial charge in [0.2, 0.25) is 0 Å². The van der Waals surface area contributed by atoms with Gasteiger partial charge >= 0.3 is 0 Å². The van der Waals surface area contributed by atoms with Gasteiger partial charge in [0.1, 0.15) is 17.0 Å². The topological polar surface area (TPSA) is 80.2 Å². The summed E-state index contributed by atoms with van der Waals surface area (Å²) in [6, 6.07) is 0. The molecule has 1 atom stereocenters.